The molecule has 3 heterocycles. The minimum absolute atomic E-state index is 0.189. The molecule has 2 aromatic heterocycles. The highest BCUT2D eigenvalue weighted by Gasteiger charge is 2.26. The summed E-state index contributed by atoms with van der Waals surface area (Å²) in [6.45, 7) is 4.16. The van der Waals surface area contributed by atoms with Crippen LogP contribution in [0.1, 0.15) is 22.0 Å². The smallest absolute Gasteiger partial charge is 0.356 e. The number of aromatic nitrogens is 2. The first-order valence-electron chi connectivity index (χ1n) is 5.74. The Labute approximate surface area is 108 Å². The predicted molar refractivity (Wildman–Crippen MR) is 69.3 cm³/mol. The molecule has 0 spiro atoms. The number of carboxylic acids is 1. The Morgan fingerprint density at radius 1 is 1.50 bits per heavy atom. The van der Waals surface area contributed by atoms with Gasteiger partial charge >= 0.3 is 5.97 Å². The van der Waals surface area contributed by atoms with E-state index in [4.69, 9.17) is 0 Å². The predicted octanol–water partition coefficient (Wildman–Crippen LogP) is 1.97. The van der Waals surface area contributed by atoms with Crippen LogP contribution in [-0.4, -0.2) is 27.2 Å². The molecule has 1 aliphatic rings. The van der Waals surface area contributed by atoms with Gasteiger partial charge in [0.25, 0.3) is 0 Å². The van der Waals surface area contributed by atoms with Crippen LogP contribution in [0.2, 0.25) is 0 Å². The zero-order valence-corrected chi connectivity index (χ0v) is 10.8. The van der Waals surface area contributed by atoms with Gasteiger partial charge in [0, 0.05) is 13.1 Å². The number of carbonyl (C=O) groups is 1. The van der Waals surface area contributed by atoms with Gasteiger partial charge in [-0.1, -0.05) is 0 Å². The van der Waals surface area contributed by atoms with E-state index in [1.54, 1.807) is 11.3 Å². The Hall–Kier alpha value is -1.82. The van der Waals surface area contributed by atoms with Crippen molar-refractivity contribution in [2.45, 2.75) is 20.0 Å². The van der Waals surface area contributed by atoms with Crippen LogP contribution in [0.3, 0.4) is 0 Å². The molecule has 0 fully saturated rings. The molecule has 5 nitrogen and oxygen atoms in total. The standard InChI is InChI=1S/C12H13N3O2S/c1-8-13-11(12(16)17)9-7-14(4-5-15(8)9)10-3-2-6-18-10/h2-3,6H,4-5,7H2,1H3,(H,16,17). The Balaban J connectivity index is 1.98. The van der Waals surface area contributed by atoms with E-state index in [0.29, 0.717) is 6.54 Å². The summed E-state index contributed by atoms with van der Waals surface area (Å²) in [4.78, 5) is 17.5. The molecule has 94 valence electrons. The van der Waals surface area contributed by atoms with Crippen LogP contribution in [0.4, 0.5) is 5.00 Å². The highest BCUT2D eigenvalue weighted by molar-refractivity contribution is 7.14. The maximum absolute atomic E-state index is 11.2. The van der Waals surface area contributed by atoms with Crippen molar-refractivity contribution in [2.75, 3.05) is 11.4 Å². The summed E-state index contributed by atoms with van der Waals surface area (Å²) in [5, 5.41) is 12.4. The van der Waals surface area contributed by atoms with Gasteiger partial charge in [0.1, 0.15) is 5.82 Å². The van der Waals surface area contributed by atoms with Gasteiger partial charge in [0.2, 0.25) is 0 Å². The monoisotopic (exact) mass is 263 g/mol. The van der Waals surface area contributed by atoms with Gasteiger partial charge in [0.15, 0.2) is 5.69 Å². The lowest BCUT2D eigenvalue weighted by Crippen LogP contribution is -2.34. The number of rotatable bonds is 2. The van der Waals surface area contributed by atoms with Crippen molar-refractivity contribution in [2.24, 2.45) is 0 Å². The molecule has 0 saturated heterocycles. The number of aryl methyl sites for hydroxylation is 1. The molecule has 6 heteroatoms. The third-order valence-electron chi connectivity index (χ3n) is 3.22. The van der Waals surface area contributed by atoms with E-state index in [1.165, 1.54) is 5.00 Å². The van der Waals surface area contributed by atoms with Gasteiger partial charge in [-0.25, -0.2) is 9.78 Å². The maximum atomic E-state index is 11.2. The summed E-state index contributed by atoms with van der Waals surface area (Å²) in [6.07, 6.45) is 0. The van der Waals surface area contributed by atoms with E-state index in [9.17, 15) is 9.90 Å². The van der Waals surface area contributed by atoms with Crippen molar-refractivity contribution in [1.29, 1.82) is 0 Å². The highest BCUT2D eigenvalue weighted by Crippen LogP contribution is 2.27. The number of fused-ring (bicyclic) bond motifs is 1. The minimum atomic E-state index is -0.945. The van der Waals surface area contributed by atoms with Crippen molar-refractivity contribution in [3.63, 3.8) is 0 Å². The van der Waals surface area contributed by atoms with Crippen LogP contribution in [0, 0.1) is 6.92 Å². The normalized spacial score (nSPS) is 14.6. The summed E-state index contributed by atoms with van der Waals surface area (Å²) in [6, 6.07) is 4.07. The van der Waals surface area contributed by atoms with Crippen molar-refractivity contribution < 1.29 is 9.90 Å². The minimum Gasteiger partial charge on any atom is -0.476 e. The summed E-state index contributed by atoms with van der Waals surface area (Å²) >= 11 is 1.67. The number of hydrogen-bond acceptors (Lipinski definition) is 4. The molecule has 18 heavy (non-hydrogen) atoms. The number of anilines is 1. The topological polar surface area (TPSA) is 58.4 Å². The van der Waals surface area contributed by atoms with E-state index >= 15 is 0 Å². The number of aromatic carboxylic acids is 1. The number of carboxylic acid groups (broad SMARTS) is 1. The van der Waals surface area contributed by atoms with Crippen LogP contribution in [0.5, 0.6) is 0 Å². The van der Waals surface area contributed by atoms with Crippen LogP contribution < -0.4 is 4.90 Å². The lowest BCUT2D eigenvalue weighted by molar-refractivity contribution is 0.0689. The van der Waals surface area contributed by atoms with Crippen molar-refractivity contribution in [3.8, 4) is 0 Å². The zero-order valence-electron chi connectivity index (χ0n) is 9.96. The summed E-state index contributed by atoms with van der Waals surface area (Å²) in [7, 11) is 0. The lowest BCUT2D eigenvalue weighted by atomic mass is 10.2. The first-order chi connectivity index (χ1) is 8.66. The molecule has 0 radical (unpaired) electrons. The molecule has 0 aliphatic carbocycles. The van der Waals surface area contributed by atoms with Gasteiger partial charge in [0.05, 0.1) is 17.2 Å². The molecular weight excluding hydrogens is 250 g/mol. The maximum Gasteiger partial charge on any atom is 0.356 e. The second kappa shape index (κ2) is 4.13. The third kappa shape index (κ3) is 1.69. The second-order valence-corrected chi connectivity index (χ2v) is 5.21. The third-order valence-corrected chi connectivity index (χ3v) is 4.15. The number of hydrogen-bond donors (Lipinski definition) is 1. The molecule has 0 atom stereocenters. The highest BCUT2D eigenvalue weighted by atomic mass is 32.1. The van der Waals surface area contributed by atoms with E-state index in [1.807, 2.05) is 22.9 Å². The average Bonchev–Trinajstić information content (AvgIpc) is 2.97. The van der Waals surface area contributed by atoms with Gasteiger partial charge in [-0.05, 0) is 24.4 Å². The fourth-order valence-corrected chi connectivity index (χ4v) is 3.12. The summed E-state index contributed by atoms with van der Waals surface area (Å²) in [5.41, 5.74) is 0.994. The largest absolute Gasteiger partial charge is 0.476 e. The molecule has 0 bridgehead atoms. The Bertz CT molecular complexity index is 589. The van der Waals surface area contributed by atoms with Gasteiger partial charge in [-0.15, -0.1) is 11.3 Å². The summed E-state index contributed by atoms with van der Waals surface area (Å²) in [5.74, 6) is -0.159. The second-order valence-electron chi connectivity index (χ2n) is 4.28. The zero-order chi connectivity index (χ0) is 12.7. The van der Waals surface area contributed by atoms with E-state index in [0.717, 1.165) is 24.6 Å². The van der Waals surface area contributed by atoms with Crippen LogP contribution in [0.15, 0.2) is 17.5 Å². The van der Waals surface area contributed by atoms with Crippen molar-refractivity contribution in [1.82, 2.24) is 9.55 Å². The molecule has 1 N–H and O–H groups in total. The van der Waals surface area contributed by atoms with Gasteiger partial charge < -0.3 is 14.6 Å². The first-order valence-corrected chi connectivity index (χ1v) is 6.62. The molecule has 2 aromatic rings. The SMILES string of the molecule is Cc1nc(C(=O)O)c2n1CCN(c1cccs1)C2. The molecule has 1 aliphatic heterocycles. The fraction of sp³-hybridized carbons (Fsp3) is 0.333. The Morgan fingerprint density at radius 3 is 3.00 bits per heavy atom. The van der Waals surface area contributed by atoms with Gasteiger partial charge in [-0.3, -0.25) is 0 Å². The van der Waals surface area contributed by atoms with E-state index in [2.05, 4.69) is 16.0 Å². The molecule has 0 unspecified atom stereocenters. The summed E-state index contributed by atoms with van der Waals surface area (Å²) < 4.78 is 2.01. The van der Waals surface area contributed by atoms with Crippen molar-refractivity contribution >= 4 is 22.3 Å². The molecule has 0 saturated carbocycles. The molecular formula is C12H13N3O2S. The Kier molecular flexibility index (Phi) is 2.59. The number of imidazole rings is 1. The van der Waals surface area contributed by atoms with Crippen molar-refractivity contribution in [3.05, 3.63) is 34.7 Å². The Morgan fingerprint density at radius 2 is 2.33 bits per heavy atom. The lowest BCUT2D eigenvalue weighted by Gasteiger charge is -2.29. The first kappa shape index (κ1) is 11.3. The van der Waals surface area contributed by atoms with Crippen LogP contribution in [-0.2, 0) is 13.1 Å². The average molecular weight is 263 g/mol. The molecule has 3 rings (SSSR count). The number of thiophene rings is 1. The molecule has 0 aromatic carbocycles. The van der Waals surface area contributed by atoms with E-state index in [-0.39, 0.29) is 5.69 Å². The van der Waals surface area contributed by atoms with Crippen LogP contribution >= 0.6 is 11.3 Å². The molecule has 0 amide bonds. The fourth-order valence-electron chi connectivity index (χ4n) is 2.36. The quantitative estimate of drug-likeness (QED) is 0.900. The van der Waals surface area contributed by atoms with Crippen LogP contribution in [0.25, 0.3) is 0 Å². The van der Waals surface area contributed by atoms with E-state index < -0.39 is 5.97 Å². The number of nitrogens with zero attached hydrogens (tertiary/aromatic N) is 3. The van der Waals surface area contributed by atoms with Gasteiger partial charge in [-0.2, -0.15) is 0 Å².